The fourth-order valence-electron chi connectivity index (χ4n) is 1.87. The highest BCUT2D eigenvalue weighted by atomic mass is 19.1. The van der Waals surface area contributed by atoms with Crippen molar-refractivity contribution in [3.8, 4) is 5.75 Å². The Morgan fingerprint density at radius 2 is 2.00 bits per heavy atom. The molecule has 0 spiro atoms. The molecule has 0 aliphatic carbocycles. The second-order valence-electron chi connectivity index (χ2n) is 4.37. The SMILES string of the molecule is CC(=O)c1cc(F)ccc1OCc1ccccc1[N+](=O)[O-]. The van der Waals surface area contributed by atoms with Crippen LogP contribution in [0.4, 0.5) is 10.1 Å². The Morgan fingerprint density at radius 1 is 1.29 bits per heavy atom. The number of benzene rings is 2. The summed E-state index contributed by atoms with van der Waals surface area (Å²) in [5, 5.41) is 10.9. The molecule has 0 N–H and O–H groups in total. The first-order valence-corrected chi connectivity index (χ1v) is 6.14. The number of ketones is 1. The topological polar surface area (TPSA) is 69.4 Å². The highest BCUT2D eigenvalue weighted by Gasteiger charge is 2.15. The van der Waals surface area contributed by atoms with Gasteiger partial charge in [0, 0.05) is 6.07 Å². The Balaban J connectivity index is 2.25. The molecule has 5 nitrogen and oxygen atoms in total. The summed E-state index contributed by atoms with van der Waals surface area (Å²) in [5.74, 6) is -0.688. The zero-order chi connectivity index (χ0) is 15.4. The zero-order valence-electron chi connectivity index (χ0n) is 11.2. The highest BCUT2D eigenvalue weighted by Crippen LogP contribution is 2.24. The van der Waals surface area contributed by atoms with Crippen molar-refractivity contribution in [2.24, 2.45) is 0 Å². The van der Waals surface area contributed by atoms with Gasteiger partial charge in [-0.2, -0.15) is 0 Å². The summed E-state index contributed by atoms with van der Waals surface area (Å²) in [6.45, 7) is 1.22. The number of nitrogens with zero attached hydrogens (tertiary/aromatic N) is 1. The Hall–Kier alpha value is -2.76. The van der Waals surface area contributed by atoms with Gasteiger partial charge in [0.05, 0.1) is 16.1 Å². The minimum Gasteiger partial charge on any atom is -0.488 e. The third kappa shape index (κ3) is 3.42. The van der Waals surface area contributed by atoms with Crippen LogP contribution in [0.2, 0.25) is 0 Å². The maximum absolute atomic E-state index is 13.1. The van der Waals surface area contributed by atoms with Gasteiger partial charge in [0.15, 0.2) is 5.78 Å². The molecule has 0 saturated carbocycles. The molecule has 0 aromatic heterocycles. The maximum Gasteiger partial charge on any atom is 0.276 e. The van der Waals surface area contributed by atoms with E-state index in [1.807, 2.05) is 0 Å². The molecule has 0 aliphatic heterocycles. The highest BCUT2D eigenvalue weighted by molar-refractivity contribution is 5.96. The van der Waals surface area contributed by atoms with Crippen LogP contribution in [0.5, 0.6) is 5.75 Å². The van der Waals surface area contributed by atoms with Gasteiger partial charge in [-0.05, 0) is 31.2 Å². The largest absolute Gasteiger partial charge is 0.488 e. The van der Waals surface area contributed by atoms with E-state index in [9.17, 15) is 19.3 Å². The van der Waals surface area contributed by atoms with E-state index < -0.39 is 10.7 Å². The summed E-state index contributed by atoms with van der Waals surface area (Å²) < 4.78 is 18.6. The van der Waals surface area contributed by atoms with Gasteiger partial charge in [0.1, 0.15) is 18.2 Å². The molecular weight excluding hydrogens is 277 g/mol. The van der Waals surface area contributed by atoms with Crippen LogP contribution in [-0.4, -0.2) is 10.7 Å². The van der Waals surface area contributed by atoms with Gasteiger partial charge in [-0.3, -0.25) is 14.9 Å². The van der Waals surface area contributed by atoms with E-state index in [1.165, 1.54) is 25.1 Å². The van der Waals surface area contributed by atoms with Gasteiger partial charge in [-0.1, -0.05) is 12.1 Å². The molecule has 0 fully saturated rings. The van der Waals surface area contributed by atoms with Crippen LogP contribution in [-0.2, 0) is 6.61 Å². The van der Waals surface area contributed by atoms with E-state index in [0.717, 1.165) is 6.07 Å². The number of hydrogen-bond acceptors (Lipinski definition) is 4. The van der Waals surface area contributed by atoms with Gasteiger partial charge in [-0.25, -0.2) is 4.39 Å². The number of carbonyl (C=O) groups excluding carboxylic acids is 1. The Labute approximate surface area is 120 Å². The van der Waals surface area contributed by atoms with Gasteiger partial charge in [0.2, 0.25) is 0 Å². The number of rotatable bonds is 5. The van der Waals surface area contributed by atoms with Crippen molar-refractivity contribution in [1.29, 1.82) is 0 Å². The Bertz CT molecular complexity index is 700. The van der Waals surface area contributed by atoms with Crippen LogP contribution in [0, 0.1) is 15.9 Å². The molecule has 0 heterocycles. The number of halogens is 1. The molecule has 0 saturated heterocycles. The number of carbonyl (C=O) groups is 1. The van der Waals surface area contributed by atoms with Crippen molar-refractivity contribution in [2.75, 3.05) is 0 Å². The summed E-state index contributed by atoms with van der Waals surface area (Å²) in [5.41, 5.74) is 0.416. The quantitative estimate of drug-likeness (QED) is 0.480. The maximum atomic E-state index is 13.1. The number of para-hydroxylation sites is 1. The van der Waals surface area contributed by atoms with E-state index in [0.29, 0.717) is 5.56 Å². The predicted octanol–water partition coefficient (Wildman–Crippen LogP) is 3.52. The van der Waals surface area contributed by atoms with Gasteiger partial charge in [0.25, 0.3) is 5.69 Å². The van der Waals surface area contributed by atoms with Crippen molar-refractivity contribution < 1.29 is 18.8 Å². The minimum atomic E-state index is -0.543. The van der Waals surface area contributed by atoms with Crippen molar-refractivity contribution >= 4 is 11.5 Å². The number of Topliss-reactive ketones (excluding diaryl/α,β-unsaturated/α-hetero) is 1. The van der Waals surface area contributed by atoms with Crippen molar-refractivity contribution in [3.63, 3.8) is 0 Å². The number of nitro groups is 1. The first-order valence-electron chi connectivity index (χ1n) is 6.14. The fraction of sp³-hybridized carbons (Fsp3) is 0.133. The molecule has 0 unspecified atom stereocenters. The zero-order valence-corrected chi connectivity index (χ0v) is 11.2. The van der Waals surface area contributed by atoms with Crippen LogP contribution >= 0.6 is 0 Å². The summed E-state index contributed by atoms with van der Waals surface area (Å²) in [7, 11) is 0. The van der Waals surface area contributed by atoms with Gasteiger partial charge in [-0.15, -0.1) is 0 Å². The average Bonchev–Trinajstić information content (AvgIpc) is 2.46. The minimum absolute atomic E-state index is 0.0658. The molecule has 2 rings (SSSR count). The molecule has 0 bridgehead atoms. The van der Waals surface area contributed by atoms with Crippen molar-refractivity contribution in [2.45, 2.75) is 13.5 Å². The number of ether oxygens (including phenoxy) is 1. The lowest BCUT2D eigenvalue weighted by molar-refractivity contribution is -0.385. The summed E-state index contributed by atoms with van der Waals surface area (Å²) in [6.07, 6.45) is 0. The first kappa shape index (κ1) is 14.6. The summed E-state index contributed by atoms with van der Waals surface area (Å²) in [6, 6.07) is 9.73. The Kier molecular flexibility index (Phi) is 4.27. The molecular formula is C15H12FNO4. The first-order chi connectivity index (χ1) is 9.99. The summed E-state index contributed by atoms with van der Waals surface area (Å²) in [4.78, 5) is 21.8. The molecule has 21 heavy (non-hydrogen) atoms. The normalized spacial score (nSPS) is 10.2. The average molecular weight is 289 g/mol. The van der Waals surface area contributed by atoms with Crippen molar-refractivity contribution in [3.05, 3.63) is 69.5 Å². The second-order valence-corrected chi connectivity index (χ2v) is 4.37. The molecule has 2 aromatic rings. The lowest BCUT2D eigenvalue weighted by Gasteiger charge is -2.10. The molecule has 0 amide bonds. The predicted molar refractivity (Wildman–Crippen MR) is 73.8 cm³/mol. The smallest absolute Gasteiger partial charge is 0.276 e. The van der Waals surface area contributed by atoms with Gasteiger partial charge < -0.3 is 4.74 Å². The second kappa shape index (κ2) is 6.13. The van der Waals surface area contributed by atoms with Crippen LogP contribution < -0.4 is 4.74 Å². The molecule has 108 valence electrons. The monoisotopic (exact) mass is 289 g/mol. The van der Waals surface area contributed by atoms with Crippen LogP contribution in [0.25, 0.3) is 0 Å². The standard InChI is InChI=1S/C15H12FNO4/c1-10(18)13-8-12(16)6-7-15(13)21-9-11-4-2-3-5-14(11)17(19)20/h2-8H,9H2,1H3. The van der Waals surface area contributed by atoms with E-state index in [4.69, 9.17) is 4.74 Å². The van der Waals surface area contributed by atoms with E-state index >= 15 is 0 Å². The molecule has 0 aliphatic rings. The van der Waals surface area contributed by atoms with E-state index in [1.54, 1.807) is 18.2 Å². The molecule has 0 atom stereocenters. The lowest BCUT2D eigenvalue weighted by Crippen LogP contribution is -2.04. The fourth-order valence-corrected chi connectivity index (χ4v) is 1.87. The molecule has 2 aromatic carbocycles. The molecule has 6 heteroatoms. The third-order valence-electron chi connectivity index (χ3n) is 2.89. The Morgan fingerprint density at radius 3 is 2.67 bits per heavy atom. The van der Waals surface area contributed by atoms with E-state index in [-0.39, 0.29) is 29.4 Å². The van der Waals surface area contributed by atoms with Crippen LogP contribution in [0.1, 0.15) is 22.8 Å². The van der Waals surface area contributed by atoms with Crippen molar-refractivity contribution in [1.82, 2.24) is 0 Å². The van der Waals surface area contributed by atoms with Crippen LogP contribution in [0.15, 0.2) is 42.5 Å². The number of nitro benzene ring substituents is 1. The third-order valence-corrected chi connectivity index (χ3v) is 2.89. The van der Waals surface area contributed by atoms with Gasteiger partial charge >= 0.3 is 0 Å². The summed E-state index contributed by atoms with van der Waals surface area (Å²) >= 11 is 0. The number of hydrogen-bond donors (Lipinski definition) is 0. The van der Waals surface area contributed by atoms with Crippen LogP contribution in [0.3, 0.4) is 0 Å². The lowest BCUT2D eigenvalue weighted by atomic mass is 10.1. The molecule has 0 radical (unpaired) electrons. The van der Waals surface area contributed by atoms with E-state index in [2.05, 4.69) is 0 Å².